The Morgan fingerprint density at radius 2 is 1.64 bits per heavy atom. The quantitative estimate of drug-likeness (QED) is 0.887. The summed E-state index contributed by atoms with van der Waals surface area (Å²) >= 11 is 0. The maximum absolute atomic E-state index is 12.2. The van der Waals surface area contributed by atoms with Gasteiger partial charge in [-0.05, 0) is 55.8 Å². The second-order valence-corrected chi connectivity index (χ2v) is 4.93. The van der Waals surface area contributed by atoms with Crippen molar-refractivity contribution in [2.75, 3.05) is 13.7 Å². The maximum atomic E-state index is 12.2. The molecular weight excluding hydrogens is 278 g/mol. The molecular formula is C18H21NO3. The van der Waals surface area contributed by atoms with Crippen molar-refractivity contribution in [2.45, 2.75) is 19.9 Å². The van der Waals surface area contributed by atoms with E-state index in [9.17, 15) is 4.79 Å². The molecule has 2 aromatic rings. The second-order valence-electron chi connectivity index (χ2n) is 4.93. The largest absolute Gasteiger partial charge is 0.497 e. The van der Waals surface area contributed by atoms with Crippen LogP contribution in [0.3, 0.4) is 0 Å². The summed E-state index contributed by atoms with van der Waals surface area (Å²) in [5.74, 6) is 1.46. The van der Waals surface area contributed by atoms with Gasteiger partial charge in [-0.2, -0.15) is 0 Å². The molecule has 0 aliphatic rings. The predicted octanol–water partition coefficient (Wildman–Crippen LogP) is 3.58. The lowest BCUT2D eigenvalue weighted by atomic mass is 10.1. The van der Waals surface area contributed by atoms with Crippen molar-refractivity contribution in [1.29, 1.82) is 0 Å². The molecule has 0 saturated heterocycles. The number of carbonyl (C=O) groups is 1. The zero-order chi connectivity index (χ0) is 15.9. The summed E-state index contributed by atoms with van der Waals surface area (Å²) in [6.45, 7) is 4.49. The third-order valence-corrected chi connectivity index (χ3v) is 3.39. The minimum atomic E-state index is -0.105. The highest BCUT2D eigenvalue weighted by Crippen LogP contribution is 2.18. The molecule has 0 saturated carbocycles. The Bertz CT molecular complexity index is 605. The van der Waals surface area contributed by atoms with E-state index in [-0.39, 0.29) is 11.9 Å². The number of amides is 1. The van der Waals surface area contributed by atoms with Crippen LogP contribution in [-0.4, -0.2) is 19.6 Å². The van der Waals surface area contributed by atoms with E-state index in [0.29, 0.717) is 12.2 Å². The normalized spacial score (nSPS) is 11.6. The first-order valence-corrected chi connectivity index (χ1v) is 7.31. The van der Waals surface area contributed by atoms with Gasteiger partial charge >= 0.3 is 0 Å². The third-order valence-electron chi connectivity index (χ3n) is 3.39. The molecule has 2 aromatic carbocycles. The van der Waals surface area contributed by atoms with Gasteiger partial charge in [0.2, 0.25) is 0 Å². The smallest absolute Gasteiger partial charge is 0.251 e. The van der Waals surface area contributed by atoms with Crippen LogP contribution in [0.5, 0.6) is 11.5 Å². The van der Waals surface area contributed by atoms with Gasteiger partial charge in [0.05, 0.1) is 19.8 Å². The summed E-state index contributed by atoms with van der Waals surface area (Å²) in [6, 6.07) is 14.7. The monoisotopic (exact) mass is 299 g/mol. The van der Waals surface area contributed by atoms with Gasteiger partial charge in [0.1, 0.15) is 11.5 Å². The Morgan fingerprint density at radius 3 is 2.18 bits per heavy atom. The summed E-state index contributed by atoms with van der Waals surface area (Å²) in [5, 5.41) is 2.98. The van der Waals surface area contributed by atoms with Crippen molar-refractivity contribution < 1.29 is 14.3 Å². The Hall–Kier alpha value is -2.49. The first kappa shape index (κ1) is 15.9. The molecule has 0 aliphatic heterocycles. The first-order valence-electron chi connectivity index (χ1n) is 7.31. The Kier molecular flexibility index (Phi) is 5.42. The van der Waals surface area contributed by atoms with Crippen LogP contribution >= 0.6 is 0 Å². The highest BCUT2D eigenvalue weighted by atomic mass is 16.5. The standard InChI is InChI=1S/C18H21NO3/c1-4-22-17-11-7-15(8-12-17)18(20)19-13(2)14-5-9-16(21-3)10-6-14/h5-13H,4H2,1-3H3,(H,19,20)/t13-/m0/s1. The molecule has 0 aromatic heterocycles. The van der Waals surface area contributed by atoms with E-state index < -0.39 is 0 Å². The van der Waals surface area contributed by atoms with Crippen LogP contribution in [0.4, 0.5) is 0 Å². The van der Waals surface area contributed by atoms with Crippen LogP contribution < -0.4 is 14.8 Å². The van der Waals surface area contributed by atoms with Crippen molar-refractivity contribution >= 4 is 5.91 Å². The average molecular weight is 299 g/mol. The molecule has 1 atom stereocenters. The van der Waals surface area contributed by atoms with E-state index in [0.717, 1.165) is 17.1 Å². The number of methoxy groups -OCH3 is 1. The number of rotatable bonds is 6. The molecule has 116 valence electrons. The first-order chi connectivity index (χ1) is 10.6. The molecule has 0 unspecified atom stereocenters. The van der Waals surface area contributed by atoms with Gasteiger partial charge in [-0.25, -0.2) is 0 Å². The molecule has 0 radical (unpaired) electrons. The average Bonchev–Trinajstić information content (AvgIpc) is 2.55. The lowest BCUT2D eigenvalue weighted by molar-refractivity contribution is 0.0940. The van der Waals surface area contributed by atoms with E-state index in [1.165, 1.54) is 0 Å². The van der Waals surface area contributed by atoms with Crippen molar-refractivity contribution in [1.82, 2.24) is 5.32 Å². The molecule has 4 nitrogen and oxygen atoms in total. The molecule has 4 heteroatoms. The molecule has 0 fully saturated rings. The fraction of sp³-hybridized carbons (Fsp3) is 0.278. The van der Waals surface area contributed by atoms with E-state index >= 15 is 0 Å². The Morgan fingerprint density at radius 1 is 1.05 bits per heavy atom. The maximum Gasteiger partial charge on any atom is 0.251 e. The molecule has 22 heavy (non-hydrogen) atoms. The molecule has 2 rings (SSSR count). The summed E-state index contributed by atoms with van der Waals surface area (Å²) < 4.78 is 10.5. The number of ether oxygens (including phenoxy) is 2. The van der Waals surface area contributed by atoms with Crippen molar-refractivity contribution in [3.8, 4) is 11.5 Å². The van der Waals surface area contributed by atoms with Gasteiger partial charge in [0.15, 0.2) is 0 Å². The lowest BCUT2D eigenvalue weighted by Gasteiger charge is -2.15. The fourth-order valence-corrected chi connectivity index (χ4v) is 2.13. The molecule has 1 amide bonds. The predicted molar refractivity (Wildman–Crippen MR) is 86.5 cm³/mol. The van der Waals surface area contributed by atoms with Crippen LogP contribution in [-0.2, 0) is 0 Å². The number of hydrogen-bond donors (Lipinski definition) is 1. The number of benzene rings is 2. The van der Waals surface area contributed by atoms with Gasteiger partial charge in [-0.3, -0.25) is 4.79 Å². The summed E-state index contributed by atoms with van der Waals surface area (Å²) in [4.78, 5) is 12.2. The molecule has 0 spiro atoms. The van der Waals surface area contributed by atoms with Gasteiger partial charge in [-0.15, -0.1) is 0 Å². The zero-order valence-corrected chi connectivity index (χ0v) is 13.1. The third kappa shape index (κ3) is 4.01. The van der Waals surface area contributed by atoms with Crippen LogP contribution in [0.25, 0.3) is 0 Å². The van der Waals surface area contributed by atoms with Crippen LogP contribution in [0, 0.1) is 0 Å². The number of carbonyl (C=O) groups excluding carboxylic acids is 1. The van der Waals surface area contributed by atoms with E-state index in [1.54, 1.807) is 31.4 Å². The summed E-state index contributed by atoms with van der Waals surface area (Å²) in [5.41, 5.74) is 1.64. The lowest BCUT2D eigenvalue weighted by Crippen LogP contribution is -2.26. The van der Waals surface area contributed by atoms with Crippen LogP contribution in [0.2, 0.25) is 0 Å². The second kappa shape index (κ2) is 7.50. The van der Waals surface area contributed by atoms with Crippen LogP contribution in [0.15, 0.2) is 48.5 Å². The van der Waals surface area contributed by atoms with E-state index in [4.69, 9.17) is 9.47 Å². The topological polar surface area (TPSA) is 47.6 Å². The van der Waals surface area contributed by atoms with Crippen LogP contribution in [0.1, 0.15) is 35.8 Å². The molecule has 0 heterocycles. The van der Waals surface area contributed by atoms with Gasteiger partial charge in [0, 0.05) is 5.56 Å². The molecule has 0 bridgehead atoms. The van der Waals surface area contributed by atoms with Crippen molar-refractivity contribution in [3.63, 3.8) is 0 Å². The Labute approximate surface area is 131 Å². The van der Waals surface area contributed by atoms with Gasteiger partial charge in [-0.1, -0.05) is 12.1 Å². The Balaban J connectivity index is 2.00. The van der Waals surface area contributed by atoms with Crippen molar-refractivity contribution in [2.24, 2.45) is 0 Å². The van der Waals surface area contributed by atoms with E-state index in [2.05, 4.69) is 5.32 Å². The fourth-order valence-electron chi connectivity index (χ4n) is 2.13. The minimum absolute atomic E-state index is 0.0787. The zero-order valence-electron chi connectivity index (χ0n) is 13.1. The highest BCUT2D eigenvalue weighted by molar-refractivity contribution is 5.94. The highest BCUT2D eigenvalue weighted by Gasteiger charge is 2.11. The number of hydrogen-bond acceptors (Lipinski definition) is 3. The number of nitrogens with one attached hydrogen (secondary N) is 1. The summed E-state index contributed by atoms with van der Waals surface area (Å²) in [7, 11) is 1.63. The minimum Gasteiger partial charge on any atom is -0.497 e. The molecule has 1 N–H and O–H groups in total. The van der Waals surface area contributed by atoms with E-state index in [1.807, 2.05) is 38.1 Å². The van der Waals surface area contributed by atoms with Crippen molar-refractivity contribution in [3.05, 3.63) is 59.7 Å². The SMILES string of the molecule is CCOc1ccc(C(=O)N[C@@H](C)c2ccc(OC)cc2)cc1. The summed E-state index contributed by atoms with van der Waals surface area (Å²) in [6.07, 6.45) is 0. The van der Waals surface area contributed by atoms with Gasteiger partial charge in [0.25, 0.3) is 5.91 Å². The van der Waals surface area contributed by atoms with Gasteiger partial charge < -0.3 is 14.8 Å². The molecule has 0 aliphatic carbocycles.